The van der Waals surface area contributed by atoms with Gasteiger partial charge in [0.1, 0.15) is 0 Å². The fourth-order valence-corrected chi connectivity index (χ4v) is 2.33. The molecule has 0 saturated heterocycles. The number of thiophene rings is 1. The van der Waals surface area contributed by atoms with Crippen LogP contribution in [0.5, 0.6) is 0 Å². The molecule has 1 rings (SSSR count). The van der Waals surface area contributed by atoms with Crippen molar-refractivity contribution in [2.45, 2.75) is 46.1 Å². The molecule has 1 aromatic heterocycles. The summed E-state index contributed by atoms with van der Waals surface area (Å²) < 4.78 is 0. The summed E-state index contributed by atoms with van der Waals surface area (Å²) in [6.45, 7) is 6.26. The van der Waals surface area contributed by atoms with Gasteiger partial charge in [-0.1, -0.05) is 20.3 Å². The number of carbonyl (C=O) groups is 1. The van der Waals surface area contributed by atoms with E-state index in [1.165, 1.54) is 11.3 Å². The first kappa shape index (κ1) is 12.2. The second-order valence-electron chi connectivity index (χ2n) is 3.86. The molecule has 1 aromatic rings. The van der Waals surface area contributed by atoms with Crippen LogP contribution in [0.4, 0.5) is 0 Å². The summed E-state index contributed by atoms with van der Waals surface area (Å²) in [4.78, 5) is 12.6. The Balaban J connectivity index is 2.54. The second kappa shape index (κ2) is 5.91. The molecule has 0 spiro atoms. The average molecular weight is 225 g/mol. The Kier molecular flexibility index (Phi) is 4.82. The predicted molar refractivity (Wildman–Crippen MR) is 65.5 cm³/mol. The summed E-state index contributed by atoms with van der Waals surface area (Å²) in [5, 5.41) is 5.08. The van der Waals surface area contributed by atoms with Gasteiger partial charge in [0.15, 0.2) is 0 Å². The largest absolute Gasteiger partial charge is 0.349 e. The van der Waals surface area contributed by atoms with Crippen LogP contribution in [0.15, 0.2) is 11.4 Å². The lowest BCUT2D eigenvalue weighted by molar-refractivity contribution is 0.0938. The topological polar surface area (TPSA) is 29.1 Å². The van der Waals surface area contributed by atoms with E-state index in [1.54, 1.807) is 0 Å². The number of nitrogens with one attached hydrogen (secondary N) is 1. The minimum atomic E-state index is 0.0772. The van der Waals surface area contributed by atoms with Crippen molar-refractivity contribution in [2.75, 3.05) is 0 Å². The van der Waals surface area contributed by atoms with Crippen LogP contribution < -0.4 is 5.32 Å². The van der Waals surface area contributed by atoms with E-state index in [2.05, 4.69) is 19.2 Å². The van der Waals surface area contributed by atoms with Crippen LogP contribution in [-0.2, 0) is 0 Å². The van der Waals surface area contributed by atoms with Gasteiger partial charge in [-0.15, -0.1) is 11.3 Å². The fraction of sp³-hybridized carbons (Fsp3) is 0.583. The summed E-state index contributed by atoms with van der Waals surface area (Å²) >= 11 is 1.52. The van der Waals surface area contributed by atoms with Gasteiger partial charge in [-0.3, -0.25) is 4.79 Å². The molecule has 1 heterocycles. The third-order valence-electron chi connectivity index (χ3n) is 2.42. The zero-order valence-electron chi connectivity index (χ0n) is 9.67. The molecular weight excluding hydrogens is 206 g/mol. The Labute approximate surface area is 95.7 Å². The minimum Gasteiger partial charge on any atom is -0.349 e. The lowest BCUT2D eigenvalue weighted by atomic mass is 10.1. The highest BCUT2D eigenvalue weighted by Gasteiger charge is 2.12. The van der Waals surface area contributed by atoms with Gasteiger partial charge in [-0.2, -0.15) is 0 Å². The SMILES string of the molecule is CCCC(CC)NC(=O)c1cc(C)cs1. The Hall–Kier alpha value is -0.830. The van der Waals surface area contributed by atoms with E-state index < -0.39 is 0 Å². The third-order valence-corrected chi connectivity index (χ3v) is 3.47. The van der Waals surface area contributed by atoms with Gasteiger partial charge < -0.3 is 5.32 Å². The van der Waals surface area contributed by atoms with Gasteiger partial charge in [-0.05, 0) is 36.8 Å². The van der Waals surface area contributed by atoms with Gasteiger partial charge >= 0.3 is 0 Å². The monoisotopic (exact) mass is 225 g/mol. The van der Waals surface area contributed by atoms with Gasteiger partial charge in [0.2, 0.25) is 0 Å². The first-order valence-electron chi connectivity index (χ1n) is 5.53. The smallest absolute Gasteiger partial charge is 0.261 e. The average Bonchev–Trinajstić information content (AvgIpc) is 2.64. The predicted octanol–water partition coefficient (Wildman–Crippen LogP) is 3.37. The summed E-state index contributed by atoms with van der Waals surface area (Å²) in [6.07, 6.45) is 3.18. The minimum absolute atomic E-state index is 0.0772. The molecule has 2 nitrogen and oxygen atoms in total. The molecule has 0 aliphatic rings. The Morgan fingerprint density at radius 2 is 2.27 bits per heavy atom. The van der Waals surface area contributed by atoms with Crippen molar-refractivity contribution in [3.05, 3.63) is 21.9 Å². The molecule has 84 valence electrons. The summed E-state index contributed by atoms with van der Waals surface area (Å²) in [6, 6.07) is 2.27. The number of aryl methyl sites for hydroxylation is 1. The van der Waals surface area contributed by atoms with E-state index in [-0.39, 0.29) is 5.91 Å². The molecule has 0 aliphatic heterocycles. The van der Waals surface area contributed by atoms with Crippen molar-refractivity contribution in [2.24, 2.45) is 0 Å². The fourth-order valence-electron chi connectivity index (χ4n) is 1.53. The standard InChI is InChI=1S/C12H19NOS/c1-4-6-10(5-2)13-12(14)11-7-9(3)8-15-11/h7-8,10H,4-6H2,1-3H3,(H,13,14). The zero-order valence-corrected chi connectivity index (χ0v) is 10.5. The van der Waals surface area contributed by atoms with E-state index >= 15 is 0 Å². The van der Waals surface area contributed by atoms with Crippen molar-refractivity contribution in [3.63, 3.8) is 0 Å². The maximum atomic E-state index is 11.8. The first-order valence-corrected chi connectivity index (χ1v) is 6.41. The Morgan fingerprint density at radius 1 is 1.53 bits per heavy atom. The van der Waals surface area contributed by atoms with Crippen LogP contribution in [0.25, 0.3) is 0 Å². The highest BCUT2D eigenvalue weighted by Crippen LogP contribution is 2.14. The zero-order chi connectivity index (χ0) is 11.3. The van der Waals surface area contributed by atoms with Gasteiger partial charge in [0.25, 0.3) is 5.91 Å². The molecule has 1 N–H and O–H groups in total. The molecule has 0 radical (unpaired) electrons. The number of amides is 1. The molecule has 15 heavy (non-hydrogen) atoms. The maximum Gasteiger partial charge on any atom is 0.261 e. The van der Waals surface area contributed by atoms with Gasteiger partial charge in [0, 0.05) is 6.04 Å². The first-order chi connectivity index (χ1) is 7.17. The van der Waals surface area contributed by atoms with Crippen LogP contribution >= 0.6 is 11.3 Å². The van der Waals surface area contributed by atoms with Crippen molar-refractivity contribution in [1.29, 1.82) is 0 Å². The van der Waals surface area contributed by atoms with E-state index in [0.29, 0.717) is 6.04 Å². The molecule has 1 atom stereocenters. The summed E-state index contributed by atoms with van der Waals surface area (Å²) in [7, 11) is 0. The molecule has 0 fully saturated rings. The molecule has 1 unspecified atom stereocenters. The highest BCUT2D eigenvalue weighted by molar-refractivity contribution is 7.12. The normalized spacial score (nSPS) is 12.5. The Bertz CT molecular complexity index is 319. The van der Waals surface area contributed by atoms with Crippen LogP contribution in [0.1, 0.15) is 48.3 Å². The van der Waals surface area contributed by atoms with Crippen molar-refractivity contribution >= 4 is 17.2 Å². The molecular formula is C12H19NOS. The lowest BCUT2D eigenvalue weighted by Gasteiger charge is -2.15. The molecule has 0 aromatic carbocycles. The van der Waals surface area contributed by atoms with Crippen LogP contribution in [-0.4, -0.2) is 11.9 Å². The van der Waals surface area contributed by atoms with Crippen LogP contribution in [0.3, 0.4) is 0 Å². The summed E-state index contributed by atoms with van der Waals surface area (Å²) in [5.41, 5.74) is 1.16. The number of rotatable bonds is 5. The van der Waals surface area contributed by atoms with Crippen molar-refractivity contribution < 1.29 is 4.79 Å². The lowest BCUT2D eigenvalue weighted by Crippen LogP contribution is -2.33. The van der Waals surface area contributed by atoms with E-state index in [4.69, 9.17) is 0 Å². The second-order valence-corrected chi connectivity index (χ2v) is 4.77. The maximum absolute atomic E-state index is 11.8. The van der Waals surface area contributed by atoms with Gasteiger partial charge in [0.05, 0.1) is 4.88 Å². The number of carbonyl (C=O) groups excluding carboxylic acids is 1. The van der Waals surface area contributed by atoms with Crippen molar-refractivity contribution in [3.8, 4) is 0 Å². The van der Waals surface area contributed by atoms with E-state index in [0.717, 1.165) is 29.7 Å². The van der Waals surface area contributed by atoms with Crippen LogP contribution in [0.2, 0.25) is 0 Å². The molecule has 0 bridgehead atoms. The quantitative estimate of drug-likeness (QED) is 0.818. The van der Waals surface area contributed by atoms with E-state index in [1.807, 2.05) is 18.4 Å². The molecule has 3 heteroatoms. The van der Waals surface area contributed by atoms with Crippen LogP contribution in [0, 0.1) is 6.92 Å². The molecule has 0 aliphatic carbocycles. The number of hydrogen-bond acceptors (Lipinski definition) is 2. The van der Waals surface area contributed by atoms with Crippen molar-refractivity contribution in [1.82, 2.24) is 5.32 Å². The molecule has 1 amide bonds. The molecule has 0 saturated carbocycles. The van der Waals surface area contributed by atoms with Gasteiger partial charge in [-0.25, -0.2) is 0 Å². The van der Waals surface area contributed by atoms with E-state index in [9.17, 15) is 4.79 Å². The highest BCUT2D eigenvalue weighted by atomic mass is 32.1. The summed E-state index contributed by atoms with van der Waals surface area (Å²) in [5.74, 6) is 0.0772. The third kappa shape index (κ3) is 3.67. The number of hydrogen-bond donors (Lipinski definition) is 1. The Morgan fingerprint density at radius 3 is 2.73 bits per heavy atom.